The van der Waals surface area contributed by atoms with Crippen molar-refractivity contribution >= 4 is 42.4 Å². The van der Waals surface area contributed by atoms with Crippen molar-refractivity contribution in [2.45, 2.75) is 38.2 Å². The molecular weight excluding hydrogens is 336 g/mol. The molecule has 1 aromatic heterocycles. The summed E-state index contributed by atoms with van der Waals surface area (Å²) in [5.74, 6) is 0.167. The number of nitrogens with zero attached hydrogens (tertiary/aromatic N) is 1. The molecule has 0 radical (unpaired) electrons. The lowest BCUT2D eigenvalue weighted by Gasteiger charge is -2.14. The minimum absolute atomic E-state index is 0.379. The molecule has 0 spiro atoms. The Hall–Kier alpha value is -1.67. The number of carbonyl (C=O) groups is 1. The lowest BCUT2D eigenvalue weighted by molar-refractivity contribution is -0.115. The second kappa shape index (κ2) is 6.84. The van der Waals surface area contributed by atoms with E-state index in [2.05, 4.69) is 10.3 Å². The van der Waals surface area contributed by atoms with Crippen LogP contribution in [0.2, 0.25) is 0 Å². The summed E-state index contributed by atoms with van der Waals surface area (Å²) in [6, 6.07) is 5.46. The monoisotopic (exact) mass is 356 g/mol. The molecule has 1 unspecified atom stereocenters. The SMILES string of the molecule is CCOc1ccc2nc(NC(=O)C(C)S(=O)(=O)C(C)C)sc2c1. The van der Waals surface area contributed by atoms with Crippen molar-refractivity contribution < 1.29 is 17.9 Å². The van der Waals surface area contributed by atoms with E-state index in [1.165, 1.54) is 18.3 Å². The Morgan fingerprint density at radius 1 is 1.35 bits per heavy atom. The van der Waals surface area contributed by atoms with Crippen molar-refractivity contribution in [3.05, 3.63) is 18.2 Å². The summed E-state index contributed by atoms with van der Waals surface area (Å²) in [5.41, 5.74) is 0.730. The fraction of sp³-hybridized carbons (Fsp3) is 0.467. The first-order valence-corrected chi connectivity index (χ1v) is 9.75. The van der Waals surface area contributed by atoms with Gasteiger partial charge in [-0.3, -0.25) is 4.79 Å². The van der Waals surface area contributed by atoms with E-state index in [0.717, 1.165) is 16.0 Å². The number of ether oxygens (including phenoxy) is 1. The lowest BCUT2D eigenvalue weighted by Crippen LogP contribution is -2.36. The van der Waals surface area contributed by atoms with Crippen LogP contribution in [0.3, 0.4) is 0 Å². The quantitative estimate of drug-likeness (QED) is 0.860. The highest BCUT2D eigenvalue weighted by Gasteiger charge is 2.31. The molecule has 0 aliphatic carbocycles. The molecule has 0 saturated carbocycles. The molecule has 0 aliphatic heterocycles. The van der Waals surface area contributed by atoms with Gasteiger partial charge < -0.3 is 10.1 Å². The van der Waals surface area contributed by atoms with Crippen LogP contribution in [0.5, 0.6) is 5.75 Å². The van der Waals surface area contributed by atoms with Crippen LogP contribution in [-0.2, 0) is 14.6 Å². The van der Waals surface area contributed by atoms with Crippen molar-refractivity contribution in [1.82, 2.24) is 4.98 Å². The number of benzene rings is 1. The van der Waals surface area contributed by atoms with Gasteiger partial charge in [0.1, 0.15) is 11.0 Å². The number of fused-ring (bicyclic) bond motifs is 1. The molecule has 2 rings (SSSR count). The maximum absolute atomic E-state index is 12.2. The normalized spacial score (nSPS) is 13.3. The average Bonchev–Trinajstić information content (AvgIpc) is 2.87. The van der Waals surface area contributed by atoms with Gasteiger partial charge in [0.25, 0.3) is 0 Å². The fourth-order valence-corrected chi connectivity index (χ4v) is 4.05. The summed E-state index contributed by atoms with van der Waals surface area (Å²) < 4.78 is 30.4. The van der Waals surface area contributed by atoms with E-state index in [1.54, 1.807) is 19.9 Å². The number of rotatable bonds is 6. The van der Waals surface area contributed by atoms with Gasteiger partial charge in [-0.05, 0) is 45.9 Å². The summed E-state index contributed by atoms with van der Waals surface area (Å²) in [4.78, 5) is 16.5. The molecule has 8 heteroatoms. The number of aromatic nitrogens is 1. The molecule has 1 amide bonds. The van der Waals surface area contributed by atoms with E-state index >= 15 is 0 Å². The van der Waals surface area contributed by atoms with E-state index in [9.17, 15) is 13.2 Å². The van der Waals surface area contributed by atoms with Crippen LogP contribution >= 0.6 is 11.3 Å². The van der Waals surface area contributed by atoms with Gasteiger partial charge in [0, 0.05) is 0 Å². The highest BCUT2D eigenvalue weighted by atomic mass is 32.2. The zero-order chi connectivity index (χ0) is 17.2. The first-order chi connectivity index (χ1) is 10.8. The third kappa shape index (κ3) is 3.81. The summed E-state index contributed by atoms with van der Waals surface area (Å²) in [5, 5.41) is 1.25. The Morgan fingerprint density at radius 3 is 2.65 bits per heavy atom. The molecule has 0 bridgehead atoms. The van der Waals surface area contributed by atoms with Crippen LogP contribution < -0.4 is 10.1 Å². The highest BCUT2D eigenvalue weighted by molar-refractivity contribution is 7.93. The van der Waals surface area contributed by atoms with Crippen LogP contribution in [0.15, 0.2) is 18.2 Å². The van der Waals surface area contributed by atoms with E-state index in [0.29, 0.717) is 11.7 Å². The van der Waals surface area contributed by atoms with Crippen molar-refractivity contribution in [3.8, 4) is 5.75 Å². The molecule has 1 aromatic carbocycles. The predicted molar refractivity (Wildman–Crippen MR) is 92.9 cm³/mol. The lowest BCUT2D eigenvalue weighted by atomic mass is 10.3. The summed E-state index contributed by atoms with van der Waals surface area (Å²) in [7, 11) is -3.50. The van der Waals surface area contributed by atoms with Gasteiger partial charge >= 0.3 is 0 Å². The van der Waals surface area contributed by atoms with Crippen LogP contribution in [0.1, 0.15) is 27.7 Å². The minimum atomic E-state index is -3.50. The van der Waals surface area contributed by atoms with E-state index < -0.39 is 26.2 Å². The smallest absolute Gasteiger partial charge is 0.244 e. The maximum Gasteiger partial charge on any atom is 0.244 e. The number of nitrogens with one attached hydrogen (secondary N) is 1. The zero-order valence-corrected chi connectivity index (χ0v) is 15.1. The summed E-state index contributed by atoms with van der Waals surface area (Å²) in [6.07, 6.45) is 0. The standard InChI is InChI=1S/C15H20N2O4S2/c1-5-21-11-6-7-12-13(8-11)22-15(16-12)17-14(18)10(4)23(19,20)9(2)3/h6-10H,5H2,1-4H3,(H,16,17,18). The predicted octanol–water partition coefficient (Wildman–Crippen LogP) is 2.85. The first-order valence-electron chi connectivity index (χ1n) is 7.32. The Balaban J connectivity index is 2.20. The van der Waals surface area contributed by atoms with Crippen molar-refractivity contribution in [2.75, 3.05) is 11.9 Å². The maximum atomic E-state index is 12.2. The number of amides is 1. The van der Waals surface area contributed by atoms with Crippen LogP contribution in [-0.4, -0.2) is 36.4 Å². The molecule has 1 atom stereocenters. The molecule has 23 heavy (non-hydrogen) atoms. The first kappa shape index (κ1) is 17.7. The molecule has 126 valence electrons. The van der Waals surface area contributed by atoms with Gasteiger partial charge in [-0.2, -0.15) is 0 Å². The van der Waals surface area contributed by atoms with Gasteiger partial charge in [0.15, 0.2) is 15.0 Å². The minimum Gasteiger partial charge on any atom is -0.494 e. The largest absolute Gasteiger partial charge is 0.494 e. The van der Waals surface area contributed by atoms with Crippen molar-refractivity contribution in [2.24, 2.45) is 0 Å². The second-order valence-electron chi connectivity index (χ2n) is 5.35. The third-order valence-corrected chi connectivity index (χ3v) is 6.87. The van der Waals surface area contributed by atoms with Gasteiger partial charge in [0.2, 0.25) is 5.91 Å². The van der Waals surface area contributed by atoms with E-state index in [4.69, 9.17) is 4.74 Å². The highest BCUT2D eigenvalue weighted by Crippen LogP contribution is 2.29. The second-order valence-corrected chi connectivity index (χ2v) is 9.21. The average molecular weight is 356 g/mol. The van der Waals surface area contributed by atoms with Crippen LogP contribution in [0.4, 0.5) is 5.13 Å². The number of thiazole rings is 1. The van der Waals surface area contributed by atoms with Crippen LogP contribution in [0.25, 0.3) is 10.2 Å². The molecule has 0 fully saturated rings. The van der Waals surface area contributed by atoms with Crippen LogP contribution in [0, 0.1) is 0 Å². The number of hydrogen-bond acceptors (Lipinski definition) is 6. The molecule has 1 heterocycles. The van der Waals surface area contributed by atoms with E-state index in [-0.39, 0.29) is 0 Å². The number of carbonyl (C=O) groups excluding carboxylic acids is 1. The Kier molecular flexibility index (Phi) is 5.26. The molecule has 1 N–H and O–H groups in total. The Bertz CT molecular complexity index is 812. The number of sulfone groups is 1. The summed E-state index contributed by atoms with van der Waals surface area (Å²) >= 11 is 1.28. The Morgan fingerprint density at radius 2 is 2.04 bits per heavy atom. The molecular formula is C15H20N2O4S2. The summed E-state index contributed by atoms with van der Waals surface area (Å²) in [6.45, 7) is 6.99. The molecule has 0 saturated heterocycles. The van der Waals surface area contributed by atoms with Gasteiger partial charge in [0.05, 0.1) is 22.1 Å². The number of anilines is 1. The van der Waals surface area contributed by atoms with Crippen molar-refractivity contribution in [1.29, 1.82) is 0 Å². The Labute approximate surface area is 139 Å². The molecule has 2 aromatic rings. The fourth-order valence-electron chi connectivity index (χ4n) is 1.98. The van der Waals surface area contributed by atoms with Gasteiger partial charge in [-0.1, -0.05) is 11.3 Å². The third-order valence-electron chi connectivity index (χ3n) is 3.42. The van der Waals surface area contributed by atoms with E-state index in [1.807, 2.05) is 19.1 Å². The van der Waals surface area contributed by atoms with Gasteiger partial charge in [-0.25, -0.2) is 13.4 Å². The van der Waals surface area contributed by atoms with Gasteiger partial charge in [-0.15, -0.1) is 0 Å². The molecule has 0 aliphatic rings. The topological polar surface area (TPSA) is 85.4 Å². The van der Waals surface area contributed by atoms with Crippen molar-refractivity contribution in [3.63, 3.8) is 0 Å². The molecule has 6 nitrogen and oxygen atoms in total. The number of hydrogen-bond donors (Lipinski definition) is 1. The zero-order valence-electron chi connectivity index (χ0n) is 13.5.